The third kappa shape index (κ3) is 10.2. The first-order valence-electron chi connectivity index (χ1n) is 15.0. The minimum Gasteiger partial charge on any atom is -0.466 e. The third-order valence-corrected chi connectivity index (χ3v) is 7.34. The Kier molecular flexibility index (Phi) is 13.5. The van der Waals surface area contributed by atoms with Gasteiger partial charge in [0.25, 0.3) is 0 Å². The summed E-state index contributed by atoms with van der Waals surface area (Å²) < 4.78 is 30.3. The van der Waals surface area contributed by atoms with Crippen LogP contribution in [0.2, 0.25) is 0 Å². The Morgan fingerprint density at radius 1 is 0.947 bits per heavy atom. The molecule has 0 spiro atoms. The molecule has 2 aliphatic heterocycles. The second kappa shape index (κ2) is 16.6. The van der Waals surface area contributed by atoms with Gasteiger partial charge in [-0.15, -0.1) is 0 Å². The zero-order chi connectivity index (χ0) is 27.2. The summed E-state index contributed by atoms with van der Waals surface area (Å²) in [6, 6.07) is 9.81. The summed E-state index contributed by atoms with van der Waals surface area (Å²) in [5.74, 6) is -0.980. The molecule has 0 amide bonds. The van der Waals surface area contributed by atoms with Gasteiger partial charge in [-0.25, -0.2) is 0 Å². The first kappa shape index (κ1) is 31.0. The molecule has 0 radical (unpaired) electrons. The highest BCUT2D eigenvalue weighted by molar-refractivity contribution is 5.70. The van der Waals surface area contributed by atoms with Crippen molar-refractivity contribution >= 4 is 5.97 Å². The van der Waals surface area contributed by atoms with Crippen molar-refractivity contribution in [2.75, 3.05) is 13.2 Å². The van der Waals surface area contributed by atoms with Crippen LogP contribution < -0.4 is 5.32 Å². The third-order valence-electron chi connectivity index (χ3n) is 7.34. The van der Waals surface area contributed by atoms with Crippen molar-refractivity contribution in [3.8, 4) is 0 Å². The molecule has 1 aromatic rings. The van der Waals surface area contributed by atoms with Gasteiger partial charge in [-0.3, -0.25) is 4.79 Å². The van der Waals surface area contributed by atoms with E-state index in [2.05, 4.69) is 12.2 Å². The lowest BCUT2D eigenvalue weighted by Gasteiger charge is -2.31. The molecule has 7 nitrogen and oxygen atoms in total. The number of benzene rings is 1. The van der Waals surface area contributed by atoms with Crippen LogP contribution in [0.25, 0.3) is 0 Å². The second-order valence-electron chi connectivity index (χ2n) is 11.1. The first-order chi connectivity index (χ1) is 18.4. The van der Waals surface area contributed by atoms with E-state index in [0.29, 0.717) is 13.2 Å². The van der Waals surface area contributed by atoms with Crippen LogP contribution in [0.5, 0.6) is 0 Å². The number of unbranched alkanes of at least 4 members (excludes halogenated alkanes) is 9. The van der Waals surface area contributed by atoms with Crippen LogP contribution in [0.3, 0.4) is 0 Å². The second-order valence-corrected chi connectivity index (χ2v) is 11.1. The number of esters is 1. The maximum atomic E-state index is 12.5. The topological polar surface area (TPSA) is 75.3 Å². The predicted molar refractivity (Wildman–Crippen MR) is 149 cm³/mol. The Bertz CT molecular complexity index is 788. The molecular weight excluding hydrogens is 482 g/mol. The zero-order valence-corrected chi connectivity index (χ0v) is 24.1. The van der Waals surface area contributed by atoms with E-state index in [-0.39, 0.29) is 30.6 Å². The van der Waals surface area contributed by atoms with Gasteiger partial charge < -0.3 is 29.0 Å². The lowest BCUT2D eigenvalue weighted by atomic mass is 10.00. The number of carbonyl (C=O) groups is 1. The first-order valence-corrected chi connectivity index (χ1v) is 15.0. The summed E-state index contributed by atoms with van der Waals surface area (Å²) in [5, 5.41) is 3.60. The van der Waals surface area contributed by atoms with E-state index in [9.17, 15) is 4.79 Å². The minimum atomic E-state index is -0.741. The molecule has 7 heteroatoms. The van der Waals surface area contributed by atoms with E-state index in [0.717, 1.165) is 18.5 Å². The van der Waals surface area contributed by atoms with Crippen LogP contribution in [0.15, 0.2) is 30.3 Å². The number of rotatable bonds is 19. The average Bonchev–Trinajstić information content (AvgIpc) is 3.37. The van der Waals surface area contributed by atoms with Gasteiger partial charge in [0.1, 0.15) is 18.3 Å². The number of ether oxygens (including phenoxy) is 5. The summed E-state index contributed by atoms with van der Waals surface area (Å²) in [6.45, 7) is 9.47. The van der Waals surface area contributed by atoms with Gasteiger partial charge in [-0.2, -0.15) is 0 Å². The average molecular weight is 534 g/mol. The summed E-state index contributed by atoms with van der Waals surface area (Å²) in [5.41, 5.74) is 1.08. The predicted octanol–water partition coefficient (Wildman–Crippen LogP) is 6.28. The fourth-order valence-corrected chi connectivity index (χ4v) is 5.39. The molecule has 0 bridgehead atoms. The van der Waals surface area contributed by atoms with Crippen molar-refractivity contribution in [3.05, 3.63) is 35.9 Å². The highest BCUT2D eigenvalue weighted by Crippen LogP contribution is 2.40. The largest absolute Gasteiger partial charge is 0.466 e. The summed E-state index contributed by atoms with van der Waals surface area (Å²) in [6.07, 6.45) is 11.4. The van der Waals surface area contributed by atoms with Gasteiger partial charge in [-0.1, -0.05) is 95.0 Å². The molecule has 2 saturated heterocycles. The van der Waals surface area contributed by atoms with Gasteiger partial charge in [0.2, 0.25) is 0 Å². The summed E-state index contributed by atoms with van der Waals surface area (Å²) in [4.78, 5) is 12.5. The minimum absolute atomic E-state index is 0.213. The molecule has 0 aromatic heterocycles. The van der Waals surface area contributed by atoms with E-state index >= 15 is 0 Å². The van der Waals surface area contributed by atoms with Crippen LogP contribution in [0.1, 0.15) is 104 Å². The van der Waals surface area contributed by atoms with Crippen LogP contribution in [0.4, 0.5) is 0 Å². The molecule has 2 heterocycles. The fraction of sp³-hybridized carbons (Fsp3) is 0.774. The van der Waals surface area contributed by atoms with E-state index < -0.39 is 18.2 Å². The zero-order valence-electron chi connectivity index (χ0n) is 24.1. The molecule has 0 saturated carbocycles. The molecular formula is C31H51NO6. The van der Waals surface area contributed by atoms with E-state index in [1.54, 1.807) is 0 Å². The standard InChI is InChI=1S/C31H51NO6/c1-5-7-8-9-10-11-12-13-14-18-21-32-25(22-26(33)34-6-2)27-28(35-23-24-19-16-15-17-20-24)29-30(36-27)38-31(3,4)37-29/h15-17,19-20,25,27-30,32H,5-14,18,21-23H2,1-4H3/t25?,27-,28+,29-,30-/m1/s1. The SMILES string of the molecule is CCCCCCCCCCCCNC(CC(=O)OCC)[C@H]1O[C@@H]2OC(C)(C)O[C@@H]2[C@H]1OCc1ccccc1. The Hall–Kier alpha value is -1.51. The number of nitrogens with one attached hydrogen (secondary N) is 1. The Labute approximate surface area is 230 Å². The van der Waals surface area contributed by atoms with Gasteiger partial charge in [0, 0.05) is 6.04 Å². The Morgan fingerprint density at radius 3 is 2.26 bits per heavy atom. The van der Waals surface area contributed by atoms with Crippen molar-refractivity contribution in [2.24, 2.45) is 0 Å². The van der Waals surface area contributed by atoms with Crippen molar-refractivity contribution in [1.82, 2.24) is 5.32 Å². The van der Waals surface area contributed by atoms with Crippen molar-refractivity contribution in [1.29, 1.82) is 0 Å². The number of hydrogen-bond acceptors (Lipinski definition) is 7. The van der Waals surface area contributed by atoms with Crippen molar-refractivity contribution < 1.29 is 28.5 Å². The molecule has 1 aromatic carbocycles. The normalized spacial score (nSPS) is 24.8. The Balaban J connectivity index is 1.54. The molecule has 0 aliphatic carbocycles. The summed E-state index contributed by atoms with van der Waals surface area (Å²) in [7, 11) is 0. The lowest BCUT2D eigenvalue weighted by molar-refractivity contribution is -0.223. The van der Waals surface area contributed by atoms with Crippen LogP contribution in [-0.2, 0) is 35.1 Å². The van der Waals surface area contributed by atoms with Gasteiger partial charge in [-0.05, 0) is 39.3 Å². The number of fused-ring (bicyclic) bond motifs is 1. The van der Waals surface area contributed by atoms with Gasteiger partial charge in [0.05, 0.1) is 19.6 Å². The molecule has 1 N–H and O–H groups in total. The molecule has 38 heavy (non-hydrogen) atoms. The van der Waals surface area contributed by atoms with E-state index in [1.807, 2.05) is 51.1 Å². The number of carbonyl (C=O) groups excluding carboxylic acids is 1. The maximum absolute atomic E-state index is 12.5. The molecule has 2 fully saturated rings. The number of hydrogen-bond donors (Lipinski definition) is 1. The van der Waals surface area contributed by atoms with Gasteiger partial charge >= 0.3 is 5.97 Å². The molecule has 2 aliphatic rings. The van der Waals surface area contributed by atoms with Crippen LogP contribution in [-0.4, -0.2) is 55.6 Å². The Morgan fingerprint density at radius 2 is 1.61 bits per heavy atom. The van der Waals surface area contributed by atoms with Crippen molar-refractivity contribution in [2.45, 2.75) is 141 Å². The van der Waals surface area contributed by atoms with Crippen molar-refractivity contribution in [3.63, 3.8) is 0 Å². The smallest absolute Gasteiger partial charge is 0.307 e. The van der Waals surface area contributed by atoms with E-state index in [1.165, 1.54) is 57.8 Å². The molecule has 216 valence electrons. The lowest BCUT2D eigenvalue weighted by Crippen LogP contribution is -2.50. The highest BCUT2D eigenvalue weighted by Gasteiger charge is 2.57. The van der Waals surface area contributed by atoms with Crippen LogP contribution >= 0.6 is 0 Å². The molecule has 1 unspecified atom stereocenters. The quantitative estimate of drug-likeness (QED) is 0.166. The molecule has 3 rings (SSSR count). The monoisotopic (exact) mass is 533 g/mol. The highest BCUT2D eigenvalue weighted by atomic mass is 16.8. The molecule has 5 atom stereocenters. The van der Waals surface area contributed by atoms with Gasteiger partial charge in [0.15, 0.2) is 12.1 Å². The fourth-order valence-electron chi connectivity index (χ4n) is 5.39. The van der Waals surface area contributed by atoms with Crippen LogP contribution in [0, 0.1) is 0 Å². The maximum Gasteiger partial charge on any atom is 0.307 e. The van der Waals surface area contributed by atoms with E-state index in [4.69, 9.17) is 23.7 Å². The summed E-state index contributed by atoms with van der Waals surface area (Å²) >= 11 is 0.